The SMILES string of the molecule is CC(C)c1ccn(CCO)c1C(C)C. The van der Waals surface area contributed by atoms with Gasteiger partial charge in [-0.2, -0.15) is 0 Å². The summed E-state index contributed by atoms with van der Waals surface area (Å²) in [6.45, 7) is 9.76. The van der Waals surface area contributed by atoms with Crippen LogP contribution in [-0.2, 0) is 6.54 Å². The first-order chi connectivity index (χ1) is 6.57. The zero-order valence-electron chi connectivity index (χ0n) is 9.62. The molecule has 0 aliphatic rings. The molecule has 0 amide bonds. The maximum atomic E-state index is 8.95. The molecule has 80 valence electrons. The van der Waals surface area contributed by atoms with Crippen LogP contribution in [0.2, 0.25) is 0 Å². The number of aliphatic hydroxyl groups excluding tert-OH is 1. The van der Waals surface area contributed by atoms with E-state index >= 15 is 0 Å². The van der Waals surface area contributed by atoms with Crippen LogP contribution in [0.25, 0.3) is 0 Å². The Labute approximate surface area is 86.6 Å². The number of hydrogen-bond acceptors (Lipinski definition) is 1. The summed E-state index contributed by atoms with van der Waals surface area (Å²) in [5.74, 6) is 1.08. The summed E-state index contributed by atoms with van der Waals surface area (Å²) in [5, 5.41) is 8.95. The molecule has 1 N–H and O–H groups in total. The van der Waals surface area contributed by atoms with E-state index in [2.05, 4.69) is 44.5 Å². The summed E-state index contributed by atoms with van der Waals surface area (Å²) < 4.78 is 2.17. The van der Waals surface area contributed by atoms with Gasteiger partial charge in [0.1, 0.15) is 0 Å². The highest BCUT2D eigenvalue weighted by Crippen LogP contribution is 2.27. The minimum absolute atomic E-state index is 0.214. The monoisotopic (exact) mass is 195 g/mol. The van der Waals surface area contributed by atoms with Gasteiger partial charge in [0.05, 0.1) is 6.61 Å². The van der Waals surface area contributed by atoms with Crippen LogP contribution in [0, 0.1) is 0 Å². The molecular weight excluding hydrogens is 174 g/mol. The van der Waals surface area contributed by atoms with Crippen molar-refractivity contribution in [3.05, 3.63) is 23.5 Å². The highest BCUT2D eigenvalue weighted by atomic mass is 16.3. The quantitative estimate of drug-likeness (QED) is 0.785. The van der Waals surface area contributed by atoms with E-state index < -0.39 is 0 Å². The second-order valence-corrected chi connectivity index (χ2v) is 4.38. The third-order valence-electron chi connectivity index (χ3n) is 2.55. The Morgan fingerprint density at radius 2 is 1.86 bits per heavy atom. The van der Waals surface area contributed by atoms with Crippen molar-refractivity contribution in [3.63, 3.8) is 0 Å². The van der Waals surface area contributed by atoms with Gasteiger partial charge >= 0.3 is 0 Å². The van der Waals surface area contributed by atoms with E-state index in [1.165, 1.54) is 11.3 Å². The van der Waals surface area contributed by atoms with Crippen LogP contribution in [0.1, 0.15) is 50.8 Å². The van der Waals surface area contributed by atoms with Crippen LogP contribution < -0.4 is 0 Å². The van der Waals surface area contributed by atoms with Gasteiger partial charge in [-0.3, -0.25) is 0 Å². The van der Waals surface area contributed by atoms with E-state index in [1.54, 1.807) is 0 Å². The molecule has 2 nitrogen and oxygen atoms in total. The van der Waals surface area contributed by atoms with Crippen molar-refractivity contribution >= 4 is 0 Å². The van der Waals surface area contributed by atoms with Gasteiger partial charge in [-0.1, -0.05) is 27.7 Å². The van der Waals surface area contributed by atoms with Gasteiger partial charge < -0.3 is 9.67 Å². The molecule has 0 saturated heterocycles. The van der Waals surface area contributed by atoms with E-state index in [0.717, 1.165) is 0 Å². The smallest absolute Gasteiger partial charge is 0.0610 e. The molecule has 0 saturated carbocycles. The van der Waals surface area contributed by atoms with E-state index in [-0.39, 0.29) is 6.61 Å². The fourth-order valence-corrected chi connectivity index (χ4v) is 1.96. The topological polar surface area (TPSA) is 25.2 Å². The second-order valence-electron chi connectivity index (χ2n) is 4.38. The zero-order chi connectivity index (χ0) is 10.7. The molecule has 0 aliphatic carbocycles. The van der Waals surface area contributed by atoms with E-state index in [1.807, 2.05) is 0 Å². The van der Waals surface area contributed by atoms with Crippen molar-refractivity contribution in [2.75, 3.05) is 6.61 Å². The van der Waals surface area contributed by atoms with Crippen LogP contribution >= 0.6 is 0 Å². The Hall–Kier alpha value is -0.760. The molecule has 0 aromatic carbocycles. The number of hydrogen-bond donors (Lipinski definition) is 1. The van der Waals surface area contributed by atoms with Gasteiger partial charge in [0, 0.05) is 18.4 Å². The van der Waals surface area contributed by atoms with Crippen molar-refractivity contribution in [1.29, 1.82) is 0 Å². The lowest BCUT2D eigenvalue weighted by Gasteiger charge is -2.15. The fraction of sp³-hybridized carbons (Fsp3) is 0.667. The first kappa shape index (κ1) is 11.3. The van der Waals surface area contributed by atoms with Crippen LogP contribution in [0.5, 0.6) is 0 Å². The van der Waals surface area contributed by atoms with Crippen molar-refractivity contribution < 1.29 is 5.11 Å². The summed E-state index contributed by atoms with van der Waals surface area (Å²) >= 11 is 0. The molecule has 1 aromatic heterocycles. The Bertz CT molecular complexity index is 287. The van der Waals surface area contributed by atoms with Gasteiger partial charge in [0.2, 0.25) is 0 Å². The predicted octanol–water partition coefficient (Wildman–Crippen LogP) is 2.73. The van der Waals surface area contributed by atoms with Gasteiger partial charge in [-0.15, -0.1) is 0 Å². The summed E-state index contributed by atoms with van der Waals surface area (Å²) in [5.41, 5.74) is 2.78. The Kier molecular flexibility index (Phi) is 3.76. The van der Waals surface area contributed by atoms with Crippen LogP contribution in [0.15, 0.2) is 12.3 Å². The standard InChI is InChI=1S/C12H21NO/c1-9(2)11-5-6-13(7-8-14)12(11)10(3)4/h5-6,9-10,14H,7-8H2,1-4H3. The maximum Gasteiger partial charge on any atom is 0.0610 e. The lowest BCUT2D eigenvalue weighted by Crippen LogP contribution is -2.08. The zero-order valence-corrected chi connectivity index (χ0v) is 9.62. The van der Waals surface area contributed by atoms with Gasteiger partial charge in [-0.25, -0.2) is 0 Å². The average molecular weight is 195 g/mol. The molecule has 0 atom stereocenters. The van der Waals surface area contributed by atoms with Crippen molar-refractivity contribution in [1.82, 2.24) is 4.57 Å². The maximum absolute atomic E-state index is 8.95. The molecule has 0 radical (unpaired) electrons. The van der Waals surface area contributed by atoms with Gasteiger partial charge in [0.15, 0.2) is 0 Å². The normalized spacial score (nSPS) is 11.6. The number of aromatic nitrogens is 1. The molecule has 0 bridgehead atoms. The molecule has 0 unspecified atom stereocenters. The summed E-state index contributed by atoms with van der Waals surface area (Å²) in [7, 11) is 0. The third kappa shape index (κ3) is 2.18. The van der Waals surface area contributed by atoms with Crippen LogP contribution in [0.3, 0.4) is 0 Å². The van der Waals surface area contributed by atoms with Crippen molar-refractivity contribution in [2.45, 2.75) is 46.1 Å². The molecular formula is C12H21NO. The van der Waals surface area contributed by atoms with Crippen molar-refractivity contribution in [2.24, 2.45) is 0 Å². The molecule has 1 rings (SSSR count). The van der Waals surface area contributed by atoms with Crippen molar-refractivity contribution in [3.8, 4) is 0 Å². The van der Waals surface area contributed by atoms with Crippen LogP contribution in [0.4, 0.5) is 0 Å². The minimum Gasteiger partial charge on any atom is -0.395 e. The minimum atomic E-state index is 0.214. The lowest BCUT2D eigenvalue weighted by atomic mass is 9.98. The van der Waals surface area contributed by atoms with Gasteiger partial charge in [0.25, 0.3) is 0 Å². The molecule has 0 aliphatic heterocycles. The summed E-state index contributed by atoms with van der Waals surface area (Å²) in [6.07, 6.45) is 2.08. The summed E-state index contributed by atoms with van der Waals surface area (Å²) in [6, 6.07) is 2.18. The second kappa shape index (κ2) is 4.65. The number of aliphatic hydroxyl groups is 1. The molecule has 14 heavy (non-hydrogen) atoms. The largest absolute Gasteiger partial charge is 0.395 e. The number of nitrogens with zero attached hydrogens (tertiary/aromatic N) is 1. The lowest BCUT2D eigenvalue weighted by molar-refractivity contribution is 0.274. The molecule has 1 aromatic rings. The Balaban J connectivity index is 3.07. The average Bonchev–Trinajstić information content (AvgIpc) is 2.48. The first-order valence-electron chi connectivity index (χ1n) is 5.37. The van der Waals surface area contributed by atoms with E-state index in [4.69, 9.17) is 5.11 Å². The predicted molar refractivity (Wildman–Crippen MR) is 59.7 cm³/mol. The fourth-order valence-electron chi connectivity index (χ4n) is 1.96. The van der Waals surface area contributed by atoms with E-state index in [0.29, 0.717) is 18.4 Å². The third-order valence-corrected chi connectivity index (χ3v) is 2.55. The number of rotatable bonds is 4. The first-order valence-corrected chi connectivity index (χ1v) is 5.37. The molecule has 1 heterocycles. The van der Waals surface area contributed by atoms with Gasteiger partial charge in [-0.05, 0) is 23.5 Å². The highest BCUT2D eigenvalue weighted by Gasteiger charge is 2.14. The Morgan fingerprint density at radius 1 is 1.21 bits per heavy atom. The Morgan fingerprint density at radius 3 is 2.29 bits per heavy atom. The van der Waals surface area contributed by atoms with E-state index in [9.17, 15) is 0 Å². The molecule has 0 fully saturated rings. The van der Waals surface area contributed by atoms with Crippen LogP contribution in [-0.4, -0.2) is 16.3 Å². The summed E-state index contributed by atoms with van der Waals surface area (Å²) in [4.78, 5) is 0. The molecule has 0 spiro atoms. The highest BCUT2D eigenvalue weighted by molar-refractivity contribution is 5.28. The molecule has 2 heteroatoms.